The maximum atomic E-state index is 12.4. The van der Waals surface area contributed by atoms with Crippen molar-refractivity contribution < 1.29 is 23.2 Å². The number of carbonyl (C=O) groups is 1. The summed E-state index contributed by atoms with van der Waals surface area (Å²) in [5.41, 5.74) is -0.140. The Bertz CT molecular complexity index is 585. The van der Waals surface area contributed by atoms with Crippen LogP contribution in [0.2, 0.25) is 0 Å². The summed E-state index contributed by atoms with van der Waals surface area (Å²) in [5.74, 6) is -1.38. The van der Waals surface area contributed by atoms with Gasteiger partial charge in [-0.1, -0.05) is 0 Å². The number of rotatable bonds is 3. The first-order chi connectivity index (χ1) is 8.82. The number of carbonyl (C=O) groups excluding carboxylic acids is 1. The van der Waals surface area contributed by atoms with Gasteiger partial charge in [0, 0.05) is 13.2 Å². The number of hydrogen-bond acceptors (Lipinski definition) is 4. The molecular formula is C11H17N3O4S. The molecule has 0 unspecified atom stereocenters. The summed E-state index contributed by atoms with van der Waals surface area (Å²) in [6.07, 6.45) is 1.31. The molecule has 1 aliphatic rings. The molecule has 0 atom stereocenters. The molecule has 0 aliphatic carbocycles. The molecule has 0 radical (unpaired) electrons. The molecule has 2 rings (SSSR count). The Balaban J connectivity index is 2.29. The van der Waals surface area contributed by atoms with Crippen LogP contribution >= 0.6 is 0 Å². The van der Waals surface area contributed by atoms with E-state index in [2.05, 4.69) is 0 Å². The van der Waals surface area contributed by atoms with Crippen molar-refractivity contribution in [2.75, 3.05) is 33.2 Å². The van der Waals surface area contributed by atoms with Crippen molar-refractivity contribution in [2.45, 2.75) is 4.90 Å². The van der Waals surface area contributed by atoms with Crippen LogP contribution in [0.25, 0.3) is 0 Å². The summed E-state index contributed by atoms with van der Waals surface area (Å²) in [6.45, 7) is 2.40. The Kier molecular flexibility index (Phi) is 3.66. The predicted octanol–water partition coefficient (Wildman–Crippen LogP) is -3.09. The Morgan fingerprint density at radius 3 is 2.42 bits per heavy atom. The number of quaternary nitrogens is 1. The number of aromatic carboxylic acids is 1. The van der Waals surface area contributed by atoms with Gasteiger partial charge in [-0.05, 0) is 6.07 Å². The number of carboxylic acids is 1. The molecule has 0 saturated carbocycles. The molecule has 0 aromatic carbocycles. The molecular weight excluding hydrogens is 270 g/mol. The maximum absolute atomic E-state index is 12.4. The molecule has 2 heterocycles. The standard InChI is InChI=1S/C11H17N3O4S/c1-12-3-5-14(6-4-12)19(17,18)9-7-10(11(15)16)13(2)8-9/h7-8H,3-6H2,1-2H3,(H,15,16). The highest BCUT2D eigenvalue weighted by molar-refractivity contribution is 7.89. The summed E-state index contributed by atoms with van der Waals surface area (Å²) in [4.78, 5) is 12.1. The third-order valence-corrected chi connectivity index (χ3v) is 5.27. The molecule has 106 valence electrons. The van der Waals surface area contributed by atoms with Gasteiger partial charge < -0.3 is 19.4 Å². The van der Waals surface area contributed by atoms with Crippen molar-refractivity contribution in [1.29, 1.82) is 0 Å². The number of nitrogens with one attached hydrogen (secondary N) is 1. The maximum Gasteiger partial charge on any atom is 0.245 e. The van der Waals surface area contributed by atoms with E-state index in [0.717, 1.165) is 19.2 Å². The van der Waals surface area contributed by atoms with Crippen molar-refractivity contribution in [1.82, 2.24) is 8.87 Å². The number of hydrogen-bond donors (Lipinski definition) is 1. The van der Waals surface area contributed by atoms with Gasteiger partial charge >= 0.3 is 0 Å². The molecule has 1 aromatic rings. The third-order valence-electron chi connectivity index (χ3n) is 3.40. The highest BCUT2D eigenvalue weighted by Crippen LogP contribution is 2.18. The number of carboxylic acid groups (broad SMARTS) is 1. The first kappa shape index (κ1) is 14.0. The summed E-state index contributed by atoms with van der Waals surface area (Å²) in [5, 5.41) is 10.8. The SMILES string of the molecule is Cn1cc(S(=O)(=O)N2CC[NH+](C)CC2)cc1C(=O)[O-]. The Morgan fingerprint density at radius 2 is 1.95 bits per heavy atom. The topological polar surface area (TPSA) is 86.9 Å². The van der Waals surface area contributed by atoms with E-state index in [4.69, 9.17) is 0 Å². The van der Waals surface area contributed by atoms with Crippen LogP contribution in [0.5, 0.6) is 0 Å². The van der Waals surface area contributed by atoms with Crippen LogP contribution in [0, 0.1) is 0 Å². The number of nitrogens with zero attached hydrogens (tertiary/aromatic N) is 2. The van der Waals surface area contributed by atoms with Crippen LogP contribution in [-0.2, 0) is 17.1 Å². The number of piperazine rings is 1. The summed E-state index contributed by atoms with van der Waals surface area (Å²) in [6, 6.07) is 1.15. The quantitative estimate of drug-likeness (QED) is 0.638. The first-order valence-electron chi connectivity index (χ1n) is 6.01. The third kappa shape index (κ3) is 2.65. The van der Waals surface area contributed by atoms with Gasteiger partial charge in [0.25, 0.3) is 0 Å². The lowest BCUT2D eigenvalue weighted by Gasteiger charge is -2.28. The van der Waals surface area contributed by atoms with E-state index in [1.54, 1.807) is 0 Å². The smallest absolute Gasteiger partial charge is 0.245 e. The molecule has 1 fully saturated rings. The van der Waals surface area contributed by atoms with Gasteiger partial charge in [0.05, 0.1) is 44.9 Å². The molecule has 1 saturated heterocycles. The second-order valence-corrected chi connectivity index (χ2v) is 6.76. The zero-order chi connectivity index (χ0) is 14.2. The van der Waals surface area contributed by atoms with Gasteiger partial charge in [0.15, 0.2) is 0 Å². The molecule has 0 spiro atoms. The lowest BCUT2D eigenvalue weighted by Crippen LogP contribution is -3.12. The van der Waals surface area contributed by atoms with Gasteiger partial charge in [-0.3, -0.25) is 0 Å². The number of likely N-dealkylation sites (N-methyl/N-ethyl adjacent to an activating group) is 1. The number of sulfonamides is 1. The molecule has 0 amide bonds. The Hall–Kier alpha value is -1.38. The van der Waals surface area contributed by atoms with Gasteiger partial charge in [-0.25, -0.2) is 8.42 Å². The monoisotopic (exact) mass is 287 g/mol. The molecule has 7 nitrogen and oxygen atoms in total. The van der Waals surface area contributed by atoms with Crippen LogP contribution in [0.4, 0.5) is 0 Å². The van der Waals surface area contributed by atoms with Crippen LogP contribution in [0.15, 0.2) is 17.2 Å². The lowest BCUT2D eigenvalue weighted by atomic mass is 10.4. The van der Waals surface area contributed by atoms with Gasteiger partial charge in [-0.15, -0.1) is 0 Å². The molecule has 1 aliphatic heterocycles. The minimum atomic E-state index is -3.61. The normalized spacial score (nSPS) is 18.6. The van der Waals surface area contributed by atoms with E-state index in [0.29, 0.717) is 13.1 Å². The summed E-state index contributed by atoms with van der Waals surface area (Å²) < 4.78 is 27.4. The van der Waals surface area contributed by atoms with E-state index in [-0.39, 0.29) is 10.6 Å². The van der Waals surface area contributed by atoms with Crippen molar-refractivity contribution in [3.8, 4) is 0 Å². The predicted molar refractivity (Wildman–Crippen MR) is 65.1 cm³/mol. The second kappa shape index (κ2) is 4.95. The Morgan fingerprint density at radius 1 is 1.37 bits per heavy atom. The van der Waals surface area contributed by atoms with E-state index < -0.39 is 16.0 Å². The summed E-state index contributed by atoms with van der Waals surface area (Å²) in [7, 11) is -0.114. The van der Waals surface area contributed by atoms with Crippen LogP contribution in [-0.4, -0.2) is 56.5 Å². The van der Waals surface area contributed by atoms with Crippen LogP contribution < -0.4 is 10.0 Å². The fourth-order valence-corrected chi connectivity index (χ4v) is 3.65. The van der Waals surface area contributed by atoms with Crippen molar-refractivity contribution in [2.24, 2.45) is 7.05 Å². The van der Waals surface area contributed by atoms with E-state index in [1.807, 2.05) is 7.05 Å². The molecule has 1 N–H and O–H groups in total. The average Bonchev–Trinajstić information content (AvgIpc) is 2.72. The second-order valence-electron chi connectivity index (χ2n) is 4.82. The number of aromatic nitrogens is 1. The van der Waals surface area contributed by atoms with E-state index in [1.165, 1.54) is 27.0 Å². The first-order valence-corrected chi connectivity index (χ1v) is 7.45. The Labute approximate surface area is 112 Å². The molecule has 1 aromatic heterocycles. The molecule has 8 heteroatoms. The van der Waals surface area contributed by atoms with Crippen molar-refractivity contribution in [3.05, 3.63) is 18.0 Å². The van der Waals surface area contributed by atoms with Gasteiger partial charge in [0.1, 0.15) is 4.90 Å². The zero-order valence-corrected chi connectivity index (χ0v) is 11.7. The highest BCUT2D eigenvalue weighted by atomic mass is 32.2. The highest BCUT2D eigenvalue weighted by Gasteiger charge is 2.30. The van der Waals surface area contributed by atoms with Crippen LogP contribution in [0.1, 0.15) is 10.5 Å². The largest absolute Gasteiger partial charge is 0.543 e. The van der Waals surface area contributed by atoms with Crippen molar-refractivity contribution in [3.63, 3.8) is 0 Å². The minimum absolute atomic E-state index is 0.00810. The molecule has 19 heavy (non-hydrogen) atoms. The van der Waals surface area contributed by atoms with E-state index in [9.17, 15) is 18.3 Å². The lowest BCUT2D eigenvalue weighted by molar-refractivity contribution is -0.883. The number of aryl methyl sites for hydroxylation is 1. The zero-order valence-electron chi connectivity index (χ0n) is 10.9. The van der Waals surface area contributed by atoms with E-state index >= 15 is 0 Å². The average molecular weight is 287 g/mol. The fourth-order valence-electron chi connectivity index (χ4n) is 2.14. The summed E-state index contributed by atoms with van der Waals surface area (Å²) >= 11 is 0. The van der Waals surface area contributed by atoms with Gasteiger partial charge in [0.2, 0.25) is 10.0 Å². The van der Waals surface area contributed by atoms with Crippen LogP contribution in [0.3, 0.4) is 0 Å². The van der Waals surface area contributed by atoms with Gasteiger partial charge in [-0.2, -0.15) is 4.31 Å². The minimum Gasteiger partial charge on any atom is -0.543 e. The fraction of sp³-hybridized carbons (Fsp3) is 0.545. The molecule has 0 bridgehead atoms. The van der Waals surface area contributed by atoms with Crippen molar-refractivity contribution >= 4 is 16.0 Å².